The van der Waals surface area contributed by atoms with Crippen molar-refractivity contribution in [3.8, 4) is 0 Å². The third-order valence-electron chi connectivity index (χ3n) is 3.70. The van der Waals surface area contributed by atoms with Crippen LogP contribution in [0, 0.1) is 5.92 Å². The summed E-state index contributed by atoms with van der Waals surface area (Å²) in [5.41, 5.74) is 4.48. The Labute approximate surface area is 104 Å². The Bertz CT molecular complexity index is 404. The molecule has 92 valence electrons. The van der Waals surface area contributed by atoms with Crippen molar-refractivity contribution in [2.75, 3.05) is 0 Å². The molecule has 1 heteroatoms. The number of carbonyl (C=O) groups is 1. The highest BCUT2D eigenvalue weighted by atomic mass is 16.1. The second-order valence-electron chi connectivity index (χ2n) is 5.43. The Hall–Kier alpha value is -1.11. The number of fused-ring (bicyclic) bond motifs is 1. The summed E-state index contributed by atoms with van der Waals surface area (Å²) in [5.74, 6) is 0.584. The first-order chi connectivity index (χ1) is 8.16. The molecule has 1 nitrogen and oxygen atoms in total. The zero-order chi connectivity index (χ0) is 12.3. The summed E-state index contributed by atoms with van der Waals surface area (Å²) in [7, 11) is 0. The lowest BCUT2D eigenvalue weighted by atomic mass is 9.99. The molecule has 0 amide bonds. The van der Waals surface area contributed by atoms with Crippen molar-refractivity contribution < 1.29 is 4.79 Å². The molecule has 17 heavy (non-hydrogen) atoms. The number of rotatable bonds is 5. The fourth-order valence-electron chi connectivity index (χ4n) is 2.54. The quantitative estimate of drug-likeness (QED) is 0.753. The van der Waals surface area contributed by atoms with Crippen LogP contribution in [-0.2, 0) is 24.1 Å². The summed E-state index contributed by atoms with van der Waals surface area (Å²) in [6, 6.07) is 6.87. The SMILES string of the molecule is CC(C)C(=O)CCCc1ccc2c(c1)CCC2. The first kappa shape index (κ1) is 12.3. The van der Waals surface area contributed by atoms with Crippen molar-refractivity contribution >= 4 is 5.78 Å². The molecule has 0 heterocycles. The van der Waals surface area contributed by atoms with Crippen molar-refractivity contribution in [1.82, 2.24) is 0 Å². The molecule has 0 fully saturated rings. The lowest BCUT2D eigenvalue weighted by Crippen LogP contribution is -2.06. The van der Waals surface area contributed by atoms with E-state index in [0.29, 0.717) is 5.78 Å². The zero-order valence-electron chi connectivity index (χ0n) is 11.0. The van der Waals surface area contributed by atoms with Gasteiger partial charge in [-0.1, -0.05) is 32.0 Å². The van der Waals surface area contributed by atoms with Gasteiger partial charge in [-0.15, -0.1) is 0 Å². The van der Waals surface area contributed by atoms with Crippen molar-refractivity contribution in [2.45, 2.75) is 52.4 Å². The molecule has 0 unspecified atom stereocenters. The molecule has 1 aliphatic carbocycles. The number of benzene rings is 1. The van der Waals surface area contributed by atoms with Crippen molar-refractivity contribution in [3.05, 3.63) is 34.9 Å². The van der Waals surface area contributed by atoms with Gasteiger partial charge in [0.1, 0.15) is 5.78 Å². The lowest BCUT2D eigenvalue weighted by molar-refractivity contribution is -0.121. The van der Waals surface area contributed by atoms with E-state index in [2.05, 4.69) is 18.2 Å². The van der Waals surface area contributed by atoms with E-state index in [1.807, 2.05) is 13.8 Å². The molecule has 0 aliphatic heterocycles. The number of hydrogen-bond donors (Lipinski definition) is 0. The summed E-state index contributed by atoms with van der Waals surface area (Å²) >= 11 is 0. The van der Waals surface area contributed by atoms with Crippen LogP contribution in [0.15, 0.2) is 18.2 Å². The van der Waals surface area contributed by atoms with Crippen molar-refractivity contribution in [1.29, 1.82) is 0 Å². The zero-order valence-corrected chi connectivity index (χ0v) is 11.0. The summed E-state index contributed by atoms with van der Waals surface area (Å²) in [5, 5.41) is 0. The molecule has 0 spiro atoms. The van der Waals surface area contributed by atoms with Crippen molar-refractivity contribution in [3.63, 3.8) is 0 Å². The molecule has 1 aromatic rings. The van der Waals surface area contributed by atoms with Gasteiger partial charge in [0.05, 0.1) is 0 Å². The van der Waals surface area contributed by atoms with E-state index in [4.69, 9.17) is 0 Å². The Morgan fingerprint density at radius 1 is 1.24 bits per heavy atom. The normalized spacial score (nSPS) is 14.1. The largest absolute Gasteiger partial charge is 0.299 e. The van der Waals surface area contributed by atoms with Gasteiger partial charge in [0.15, 0.2) is 0 Å². The molecular formula is C16H22O. The Morgan fingerprint density at radius 2 is 2.00 bits per heavy atom. The Balaban J connectivity index is 1.85. The maximum absolute atomic E-state index is 11.5. The fraction of sp³-hybridized carbons (Fsp3) is 0.562. The van der Waals surface area contributed by atoms with Crippen LogP contribution in [-0.4, -0.2) is 5.78 Å². The number of aryl methyl sites for hydroxylation is 3. The topological polar surface area (TPSA) is 17.1 Å². The first-order valence-electron chi connectivity index (χ1n) is 6.80. The second kappa shape index (κ2) is 5.48. The summed E-state index contributed by atoms with van der Waals surface area (Å²) in [6.45, 7) is 3.97. The molecule has 0 atom stereocenters. The molecule has 0 saturated heterocycles. The molecule has 0 saturated carbocycles. The minimum Gasteiger partial charge on any atom is -0.299 e. The highest BCUT2D eigenvalue weighted by Crippen LogP contribution is 2.23. The molecule has 2 rings (SSSR count). The first-order valence-corrected chi connectivity index (χ1v) is 6.80. The predicted molar refractivity (Wildman–Crippen MR) is 71.3 cm³/mol. The van der Waals surface area contributed by atoms with Gasteiger partial charge in [0, 0.05) is 12.3 Å². The van der Waals surface area contributed by atoms with E-state index >= 15 is 0 Å². The van der Waals surface area contributed by atoms with Crippen molar-refractivity contribution in [2.24, 2.45) is 5.92 Å². The van der Waals surface area contributed by atoms with Crippen LogP contribution in [0.1, 0.15) is 49.8 Å². The standard InChI is InChI=1S/C16H22O/c1-12(2)16(17)8-3-5-13-9-10-14-6-4-7-15(14)11-13/h9-12H,3-8H2,1-2H3. The number of hydrogen-bond acceptors (Lipinski definition) is 1. The molecule has 0 radical (unpaired) electrons. The van der Waals surface area contributed by atoms with Gasteiger partial charge in [-0.05, 0) is 48.8 Å². The molecule has 0 bridgehead atoms. The van der Waals surface area contributed by atoms with E-state index in [1.54, 1.807) is 0 Å². The molecule has 1 aliphatic rings. The van der Waals surface area contributed by atoms with E-state index in [0.717, 1.165) is 19.3 Å². The van der Waals surface area contributed by atoms with E-state index in [-0.39, 0.29) is 5.92 Å². The lowest BCUT2D eigenvalue weighted by Gasteiger charge is -2.06. The van der Waals surface area contributed by atoms with Crippen LogP contribution in [0.5, 0.6) is 0 Å². The van der Waals surface area contributed by atoms with Crippen LogP contribution in [0.3, 0.4) is 0 Å². The summed E-state index contributed by atoms with van der Waals surface area (Å²) in [4.78, 5) is 11.5. The molecule has 1 aromatic carbocycles. The summed E-state index contributed by atoms with van der Waals surface area (Å²) in [6.07, 6.45) is 6.58. The highest BCUT2D eigenvalue weighted by molar-refractivity contribution is 5.80. The van der Waals surface area contributed by atoms with Gasteiger partial charge in [-0.3, -0.25) is 4.79 Å². The Morgan fingerprint density at radius 3 is 2.76 bits per heavy atom. The minimum absolute atomic E-state index is 0.190. The van der Waals surface area contributed by atoms with Crippen LogP contribution in [0.25, 0.3) is 0 Å². The molecule has 0 aromatic heterocycles. The number of ketones is 1. The van der Waals surface area contributed by atoms with Crippen LogP contribution >= 0.6 is 0 Å². The molecule has 0 N–H and O–H groups in total. The van der Waals surface area contributed by atoms with Gasteiger partial charge in [0.2, 0.25) is 0 Å². The van der Waals surface area contributed by atoms with Gasteiger partial charge >= 0.3 is 0 Å². The third kappa shape index (κ3) is 3.18. The van der Waals surface area contributed by atoms with Gasteiger partial charge < -0.3 is 0 Å². The van der Waals surface area contributed by atoms with Crippen LogP contribution in [0.2, 0.25) is 0 Å². The van der Waals surface area contributed by atoms with Gasteiger partial charge in [-0.2, -0.15) is 0 Å². The average molecular weight is 230 g/mol. The average Bonchev–Trinajstić information content (AvgIpc) is 2.75. The third-order valence-corrected chi connectivity index (χ3v) is 3.70. The van der Waals surface area contributed by atoms with Gasteiger partial charge in [-0.25, -0.2) is 0 Å². The van der Waals surface area contributed by atoms with E-state index < -0.39 is 0 Å². The second-order valence-corrected chi connectivity index (χ2v) is 5.43. The number of carbonyl (C=O) groups excluding carboxylic acids is 1. The van der Waals surface area contributed by atoms with Gasteiger partial charge in [0.25, 0.3) is 0 Å². The fourth-order valence-corrected chi connectivity index (χ4v) is 2.54. The maximum Gasteiger partial charge on any atom is 0.135 e. The monoisotopic (exact) mass is 230 g/mol. The summed E-state index contributed by atoms with van der Waals surface area (Å²) < 4.78 is 0. The van der Waals surface area contributed by atoms with E-state index in [9.17, 15) is 4.79 Å². The van der Waals surface area contributed by atoms with E-state index in [1.165, 1.54) is 36.0 Å². The Kier molecular flexibility index (Phi) is 3.98. The predicted octanol–water partition coefficient (Wildman–Crippen LogP) is 3.72. The number of Topliss-reactive ketones (excluding diaryl/α,β-unsaturated/α-hetero) is 1. The highest BCUT2D eigenvalue weighted by Gasteiger charge is 2.11. The smallest absolute Gasteiger partial charge is 0.135 e. The molecular weight excluding hydrogens is 208 g/mol. The minimum atomic E-state index is 0.190. The van der Waals surface area contributed by atoms with Crippen LogP contribution < -0.4 is 0 Å². The van der Waals surface area contributed by atoms with Crippen LogP contribution in [0.4, 0.5) is 0 Å². The maximum atomic E-state index is 11.5.